The van der Waals surface area contributed by atoms with Gasteiger partial charge < -0.3 is 15.2 Å². The third-order valence-corrected chi connectivity index (χ3v) is 2.87. The molecule has 0 spiro atoms. The smallest absolute Gasteiger partial charge is 0.219 e. The van der Waals surface area contributed by atoms with Gasteiger partial charge in [0.05, 0.1) is 5.39 Å². The Bertz CT molecular complexity index is 536. The zero-order chi connectivity index (χ0) is 13.0. The molecule has 0 aliphatic carbocycles. The van der Waals surface area contributed by atoms with Gasteiger partial charge in [0, 0.05) is 33.3 Å². The van der Waals surface area contributed by atoms with Crippen molar-refractivity contribution < 1.29 is 4.79 Å². The molecular formula is C12H17N5O. The van der Waals surface area contributed by atoms with Gasteiger partial charge >= 0.3 is 0 Å². The van der Waals surface area contributed by atoms with Crippen molar-refractivity contribution >= 4 is 22.8 Å². The lowest BCUT2D eigenvalue weighted by Gasteiger charge is -2.18. The highest BCUT2D eigenvalue weighted by Crippen LogP contribution is 2.20. The Labute approximate surface area is 105 Å². The molecule has 2 rings (SSSR count). The van der Waals surface area contributed by atoms with Gasteiger partial charge in [-0.05, 0) is 12.5 Å². The standard InChI is InChI=1S/C12H17N5O/c1-13-10(18)4-3-7-17(2)12-9-5-6-14-11(9)15-8-16-12/h5-6,8H,3-4,7H2,1-2H3,(H,13,18)(H,14,15,16). The van der Waals surface area contributed by atoms with Crippen LogP contribution >= 0.6 is 0 Å². The third-order valence-electron chi connectivity index (χ3n) is 2.87. The zero-order valence-electron chi connectivity index (χ0n) is 10.6. The molecule has 2 aromatic rings. The molecule has 18 heavy (non-hydrogen) atoms. The first kappa shape index (κ1) is 12.3. The van der Waals surface area contributed by atoms with E-state index < -0.39 is 0 Å². The van der Waals surface area contributed by atoms with E-state index in [2.05, 4.69) is 20.3 Å². The number of nitrogens with zero attached hydrogens (tertiary/aromatic N) is 3. The van der Waals surface area contributed by atoms with Crippen molar-refractivity contribution in [1.29, 1.82) is 0 Å². The number of carbonyl (C=O) groups excluding carboxylic acids is 1. The summed E-state index contributed by atoms with van der Waals surface area (Å²) < 4.78 is 0. The van der Waals surface area contributed by atoms with Crippen LogP contribution in [0.25, 0.3) is 11.0 Å². The maximum absolute atomic E-state index is 11.1. The van der Waals surface area contributed by atoms with Crippen LogP contribution in [0.3, 0.4) is 0 Å². The number of rotatable bonds is 5. The van der Waals surface area contributed by atoms with Gasteiger partial charge in [0.25, 0.3) is 0 Å². The van der Waals surface area contributed by atoms with E-state index in [-0.39, 0.29) is 5.91 Å². The molecule has 0 saturated heterocycles. The summed E-state index contributed by atoms with van der Waals surface area (Å²) in [4.78, 5) is 24.7. The molecule has 0 unspecified atom stereocenters. The van der Waals surface area contributed by atoms with Crippen molar-refractivity contribution in [2.24, 2.45) is 0 Å². The fourth-order valence-electron chi connectivity index (χ4n) is 1.87. The summed E-state index contributed by atoms with van der Waals surface area (Å²) in [5, 5.41) is 3.62. The average Bonchev–Trinajstić information content (AvgIpc) is 2.86. The highest BCUT2D eigenvalue weighted by molar-refractivity contribution is 5.87. The normalized spacial score (nSPS) is 10.6. The van der Waals surface area contributed by atoms with Gasteiger partial charge in [-0.1, -0.05) is 0 Å². The summed E-state index contributed by atoms with van der Waals surface area (Å²) in [6.07, 6.45) is 4.72. The Balaban J connectivity index is 2.02. The molecule has 6 heteroatoms. The number of amides is 1. The molecule has 0 aliphatic heterocycles. The molecule has 1 amide bonds. The number of anilines is 1. The zero-order valence-corrected chi connectivity index (χ0v) is 10.6. The molecular weight excluding hydrogens is 230 g/mol. The van der Waals surface area contributed by atoms with Crippen LogP contribution in [0.1, 0.15) is 12.8 Å². The second-order valence-electron chi connectivity index (χ2n) is 4.14. The predicted molar refractivity (Wildman–Crippen MR) is 70.5 cm³/mol. The topological polar surface area (TPSA) is 73.9 Å². The highest BCUT2D eigenvalue weighted by Gasteiger charge is 2.09. The molecule has 0 saturated carbocycles. The van der Waals surface area contributed by atoms with Crippen molar-refractivity contribution in [3.8, 4) is 0 Å². The Morgan fingerprint density at radius 2 is 2.33 bits per heavy atom. The van der Waals surface area contributed by atoms with E-state index in [0.717, 1.165) is 29.8 Å². The van der Waals surface area contributed by atoms with E-state index in [1.54, 1.807) is 13.4 Å². The Morgan fingerprint density at radius 1 is 1.50 bits per heavy atom. The van der Waals surface area contributed by atoms with Gasteiger partial charge in [0.1, 0.15) is 17.8 Å². The number of hydrogen-bond acceptors (Lipinski definition) is 4. The summed E-state index contributed by atoms with van der Waals surface area (Å²) >= 11 is 0. The molecule has 2 heterocycles. The fraction of sp³-hybridized carbons (Fsp3) is 0.417. The van der Waals surface area contributed by atoms with Gasteiger partial charge in [-0.25, -0.2) is 9.97 Å². The lowest BCUT2D eigenvalue weighted by Crippen LogP contribution is -2.23. The largest absolute Gasteiger partial charge is 0.359 e. The summed E-state index contributed by atoms with van der Waals surface area (Å²) in [7, 11) is 3.62. The van der Waals surface area contributed by atoms with Crippen LogP contribution < -0.4 is 10.2 Å². The second kappa shape index (κ2) is 5.48. The molecule has 0 bridgehead atoms. The van der Waals surface area contributed by atoms with E-state index in [1.807, 2.05) is 24.2 Å². The van der Waals surface area contributed by atoms with Crippen LogP contribution in [0.15, 0.2) is 18.6 Å². The van der Waals surface area contributed by atoms with Crippen LogP contribution in [-0.4, -0.2) is 41.5 Å². The SMILES string of the molecule is CNC(=O)CCCN(C)c1ncnc2[nH]ccc12. The number of nitrogens with one attached hydrogen (secondary N) is 2. The number of fused-ring (bicyclic) bond motifs is 1. The lowest BCUT2D eigenvalue weighted by molar-refractivity contribution is -0.120. The van der Waals surface area contributed by atoms with Gasteiger partial charge in [0.15, 0.2) is 0 Å². The van der Waals surface area contributed by atoms with Crippen LogP contribution in [0.2, 0.25) is 0 Å². The van der Waals surface area contributed by atoms with Gasteiger partial charge in [-0.3, -0.25) is 4.79 Å². The van der Waals surface area contributed by atoms with Crippen molar-refractivity contribution in [3.05, 3.63) is 18.6 Å². The second-order valence-corrected chi connectivity index (χ2v) is 4.14. The molecule has 0 aliphatic rings. The van der Waals surface area contributed by atoms with E-state index >= 15 is 0 Å². The van der Waals surface area contributed by atoms with Crippen molar-refractivity contribution in [2.75, 3.05) is 25.5 Å². The van der Waals surface area contributed by atoms with E-state index in [4.69, 9.17) is 0 Å². The molecule has 2 aromatic heterocycles. The average molecular weight is 247 g/mol. The Kier molecular flexibility index (Phi) is 3.76. The minimum atomic E-state index is 0.0675. The van der Waals surface area contributed by atoms with Crippen molar-refractivity contribution in [3.63, 3.8) is 0 Å². The monoisotopic (exact) mass is 247 g/mol. The summed E-state index contributed by atoms with van der Waals surface area (Å²) in [6, 6.07) is 1.96. The quantitative estimate of drug-likeness (QED) is 0.824. The molecule has 96 valence electrons. The van der Waals surface area contributed by atoms with Gasteiger partial charge in [-0.2, -0.15) is 0 Å². The maximum atomic E-state index is 11.1. The van der Waals surface area contributed by atoms with Crippen molar-refractivity contribution in [1.82, 2.24) is 20.3 Å². The van der Waals surface area contributed by atoms with Gasteiger partial charge in [0.2, 0.25) is 5.91 Å². The van der Waals surface area contributed by atoms with E-state index in [0.29, 0.717) is 6.42 Å². The van der Waals surface area contributed by atoms with Crippen LogP contribution in [-0.2, 0) is 4.79 Å². The summed E-state index contributed by atoms with van der Waals surface area (Å²) in [5.74, 6) is 0.955. The highest BCUT2D eigenvalue weighted by atomic mass is 16.1. The number of aromatic amines is 1. The molecule has 0 radical (unpaired) electrons. The number of hydrogen-bond donors (Lipinski definition) is 2. The van der Waals surface area contributed by atoms with E-state index in [9.17, 15) is 4.79 Å². The van der Waals surface area contributed by atoms with Crippen LogP contribution in [0, 0.1) is 0 Å². The van der Waals surface area contributed by atoms with Crippen molar-refractivity contribution in [2.45, 2.75) is 12.8 Å². The van der Waals surface area contributed by atoms with Crippen LogP contribution in [0.4, 0.5) is 5.82 Å². The number of carbonyl (C=O) groups is 1. The molecule has 0 atom stereocenters. The predicted octanol–water partition coefficient (Wildman–Crippen LogP) is 0.920. The first-order valence-corrected chi connectivity index (χ1v) is 5.92. The molecule has 0 fully saturated rings. The van der Waals surface area contributed by atoms with Crippen LogP contribution in [0.5, 0.6) is 0 Å². The Hall–Kier alpha value is -2.11. The number of aromatic nitrogens is 3. The first-order valence-electron chi connectivity index (χ1n) is 5.92. The minimum absolute atomic E-state index is 0.0675. The lowest BCUT2D eigenvalue weighted by atomic mass is 10.2. The summed E-state index contributed by atoms with van der Waals surface area (Å²) in [5.41, 5.74) is 0.832. The summed E-state index contributed by atoms with van der Waals surface area (Å²) in [6.45, 7) is 0.782. The first-order chi connectivity index (χ1) is 8.72. The molecule has 6 nitrogen and oxygen atoms in total. The Morgan fingerprint density at radius 3 is 3.11 bits per heavy atom. The third kappa shape index (κ3) is 2.58. The molecule has 0 aromatic carbocycles. The fourth-order valence-corrected chi connectivity index (χ4v) is 1.87. The van der Waals surface area contributed by atoms with Gasteiger partial charge in [-0.15, -0.1) is 0 Å². The number of H-pyrrole nitrogens is 1. The minimum Gasteiger partial charge on any atom is -0.359 e. The maximum Gasteiger partial charge on any atom is 0.219 e. The van der Waals surface area contributed by atoms with E-state index in [1.165, 1.54) is 0 Å². The molecule has 2 N–H and O–H groups in total.